The van der Waals surface area contributed by atoms with Crippen LogP contribution < -0.4 is 8.25 Å². The Labute approximate surface area is 251 Å². The molecule has 2 aliphatic heterocycles. The van der Waals surface area contributed by atoms with Gasteiger partial charge in [-0.15, -0.1) is 4.13 Å². The monoisotopic (exact) mass is 720 g/mol. The van der Waals surface area contributed by atoms with E-state index in [-0.39, 0.29) is 4.13 Å². The molecule has 23 heteroatoms. The number of nitrogens with one attached hydrogen (secondary N) is 2. The van der Waals surface area contributed by atoms with Gasteiger partial charge in [0, 0.05) is 25.7 Å². The second kappa shape index (κ2) is 18.4. The zero-order valence-corrected chi connectivity index (χ0v) is 27.3. The summed E-state index contributed by atoms with van der Waals surface area (Å²) >= 11 is 0. The van der Waals surface area contributed by atoms with Gasteiger partial charge in [0.1, 0.15) is 26.3 Å². The third-order valence-corrected chi connectivity index (χ3v) is 10.1. The molecule has 0 unspecified atom stereocenters. The van der Waals surface area contributed by atoms with Gasteiger partial charge in [-0.3, -0.25) is 0 Å². The fourth-order valence-electron chi connectivity index (χ4n) is 3.72. The molecule has 2 N–H and O–H groups in total. The second-order valence-electron chi connectivity index (χ2n) is 9.83. The molecule has 258 valence electrons. The SMILES string of the molecule is C=COCC[N+]1(C)CCCC1.C=COCC[N+]1(C)CCCC1.CS(=O)(=O)NS(=O)(=O)C(F)(F)F.O=S(=O)(F)NS(=O)(=O)F. The molecule has 0 saturated carbocycles. The highest BCUT2D eigenvalue weighted by atomic mass is 32.3. The van der Waals surface area contributed by atoms with Gasteiger partial charge in [0.25, 0.3) is 0 Å². The summed E-state index contributed by atoms with van der Waals surface area (Å²) < 4.78 is 147. The number of hydrogen-bond donors (Lipinski definition) is 2. The Morgan fingerprint density at radius 2 is 1.00 bits per heavy atom. The first-order chi connectivity index (χ1) is 19.2. The molecule has 0 aliphatic carbocycles. The maximum atomic E-state index is 11.4. The summed E-state index contributed by atoms with van der Waals surface area (Å²) in [4.78, 5) is 0. The van der Waals surface area contributed by atoms with E-state index in [0.717, 1.165) is 26.3 Å². The molecular formula is C20H41F5N4O10S4+2. The van der Waals surface area contributed by atoms with E-state index in [9.17, 15) is 54.6 Å². The van der Waals surface area contributed by atoms with Crippen molar-refractivity contribution in [2.24, 2.45) is 0 Å². The number of halogens is 5. The average molecular weight is 721 g/mol. The van der Waals surface area contributed by atoms with Crippen LogP contribution in [0.3, 0.4) is 0 Å². The normalized spacial score (nSPS) is 18.0. The van der Waals surface area contributed by atoms with E-state index in [0.29, 0.717) is 10.4 Å². The van der Waals surface area contributed by atoms with Crippen LogP contribution in [0.4, 0.5) is 20.9 Å². The number of alkyl halides is 3. The minimum atomic E-state index is -5.79. The first kappa shape index (κ1) is 43.5. The fraction of sp³-hybridized carbons (Fsp3) is 0.800. The molecular weight excluding hydrogens is 679 g/mol. The lowest BCUT2D eigenvalue weighted by Gasteiger charge is -2.28. The van der Waals surface area contributed by atoms with Gasteiger partial charge < -0.3 is 18.4 Å². The molecule has 2 fully saturated rings. The van der Waals surface area contributed by atoms with Crippen molar-refractivity contribution in [1.82, 2.24) is 8.25 Å². The average Bonchev–Trinajstić information content (AvgIpc) is 3.39. The van der Waals surface area contributed by atoms with E-state index in [1.807, 2.05) is 0 Å². The molecule has 0 atom stereocenters. The van der Waals surface area contributed by atoms with Crippen LogP contribution in [0.15, 0.2) is 25.7 Å². The van der Waals surface area contributed by atoms with Crippen molar-refractivity contribution >= 4 is 40.9 Å². The molecule has 2 aliphatic rings. The lowest BCUT2D eigenvalue weighted by atomic mass is 10.4. The second-order valence-corrected chi connectivity index (χ2v) is 15.9. The lowest BCUT2D eigenvalue weighted by Crippen LogP contribution is -2.43. The van der Waals surface area contributed by atoms with Crippen molar-refractivity contribution in [2.75, 3.05) is 72.8 Å². The molecule has 14 nitrogen and oxygen atoms in total. The summed E-state index contributed by atoms with van der Waals surface area (Å²) in [6, 6.07) is 0. The van der Waals surface area contributed by atoms with E-state index < -0.39 is 46.4 Å². The van der Waals surface area contributed by atoms with Crippen LogP contribution in [-0.4, -0.2) is 121 Å². The Bertz CT molecular complexity index is 1220. The van der Waals surface area contributed by atoms with E-state index in [4.69, 9.17) is 9.47 Å². The molecule has 0 radical (unpaired) electrons. The van der Waals surface area contributed by atoms with Crippen LogP contribution in [0.5, 0.6) is 0 Å². The predicted molar refractivity (Wildman–Crippen MR) is 148 cm³/mol. The molecule has 0 aromatic rings. The van der Waals surface area contributed by atoms with Crippen LogP contribution in [0, 0.1) is 0 Å². The first-order valence-corrected chi connectivity index (χ1v) is 18.4. The number of nitrogens with zero attached hydrogens (tertiary/aromatic N) is 2. The number of rotatable bonds is 12. The van der Waals surface area contributed by atoms with Crippen molar-refractivity contribution in [3.8, 4) is 0 Å². The quantitative estimate of drug-likeness (QED) is 0.0978. The van der Waals surface area contributed by atoms with Crippen molar-refractivity contribution in [1.29, 1.82) is 0 Å². The molecule has 2 saturated heterocycles. The topological polar surface area (TPSA) is 179 Å². The smallest absolute Gasteiger partial charge is 0.496 e. The van der Waals surface area contributed by atoms with Crippen LogP contribution in [0.2, 0.25) is 0 Å². The van der Waals surface area contributed by atoms with E-state index in [1.54, 1.807) is 0 Å². The number of hydrogen-bond acceptors (Lipinski definition) is 10. The summed E-state index contributed by atoms with van der Waals surface area (Å²) in [5, 5.41) is 0. The molecule has 43 heavy (non-hydrogen) atoms. The molecule has 0 bridgehead atoms. The minimum absolute atomic E-state index is 0.0694. The Morgan fingerprint density at radius 3 is 1.16 bits per heavy atom. The maximum Gasteiger partial charge on any atom is 0.512 e. The fourth-order valence-corrected chi connectivity index (χ4v) is 6.65. The van der Waals surface area contributed by atoms with Crippen molar-refractivity contribution in [3.05, 3.63) is 25.7 Å². The largest absolute Gasteiger partial charge is 0.512 e. The van der Waals surface area contributed by atoms with E-state index in [2.05, 4.69) is 27.3 Å². The highest BCUT2D eigenvalue weighted by molar-refractivity contribution is 8.04. The van der Waals surface area contributed by atoms with Gasteiger partial charge in [-0.1, -0.05) is 25.1 Å². The number of likely N-dealkylation sites (tertiary alicyclic amines) is 2. The number of quaternary nitrogens is 2. The molecule has 2 heterocycles. The van der Waals surface area contributed by atoms with Crippen LogP contribution >= 0.6 is 0 Å². The predicted octanol–water partition coefficient (Wildman–Crippen LogP) is 1.16. The number of sulfonamides is 2. The Morgan fingerprint density at radius 1 is 0.698 bits per heavy atom. The molecule has 0 amide bonds. The number of ether oxygens (including phenoxy) is 2. The van der Waals surface area contributed by atoms with E-state index in [1.165, 1.54) is 73.4 Å². The van der Waals surface area contributed by atoms with Crippen molar-refractivity contribution in [2.45, 2.75) is 31.2 Å². The Balaban J connectivity index is 0. The maximum absolute atomic E-state index is 11.4. The van der Waals surface area contributed by atoms with Gasteiger partial charge >= 0.3 is 36.4 Å². The van der Waals surface area contributed by atoms with Gasteiger partial charge in [-0.2, -0.15) is 30.0 Å². The highest BCUT2D eigenvalue weighted by Gasteiger charge is 2.47. The van der Waals surface area contributed by atoms with Gasteiger partial charge in [-0.05, 0) is 0 Å². The highest BCUT2D eigenvalue weighted by Crippen LogP contribution is 2.21. The molecule has 0 spiro atoms. The van der Waals surface area contributed by atoms with Crippen LogP contribution in [0.1, 0.15) is 25.7 Å². The third kappa shape index (κ3) is 24.4. The van der Waals surface area contributed by atoms with Crippen molar-refractivity contribution < 1.29 is 73.1 Å². The van der Waals surface area contributed by atoms with Gasteiger partial charge in [-0.25, -0.2) is 16.8 Å². The number of likely N-dealkylation sites (N-methyl/N-ethyl adjacent to an activating group) is 2. The van der Waals surface area contributed by atoms with E-state index >= 15 is 0 Å². The van der Waals surface area contributed by atoms with Crippen LogP contribution in [0.25, 0.3) is 0 Å². The van der Waals surface area contributed by atoms with Crippen LogP contribution in [-0.2, 0) is 50.3 Å². The van der Waals surface area contributed by atoms with Crippen molar-refractivity contribution in [3.63, 3.8) is 0 Å². The third-order valence-electron chi connectivity index (χ3n) is 5.79. The minimum Gasteiger partial charge on any atom is -0.496 e. The summed E-state index contributed by atoms with van der Waals surface area (Å²) in [5.74, 6) is 0. The zero-order valence-electron chi connectivity index (χ0n) is 24.1. The van der Waals surface area contributed by atoms with Gasteiger partial charge in [0.05, 0.1) is 59.1 Å². The summed E-state index contributed by atoms with van der Waals surface area (Å²) in [6.45, 7) is 16.2. The standard InChI is InChI=1S/2C9H18NO.C2H4F3NO4S2.F2HNO4S2/c2*1-3-11-9-8-10(2)6-4-5-7-10;1-11(7,8)6-12(9,10)2(3,4)5;1-8(4,5)3-9(2,6)7/h2*3H,1,4-9H2,2H3;6H,1H3;3H/q2*+1;;. The van der Waals surface area contributed by atoms with Gasteiger partial charge in [0.15, 0.2) is 0 Å². The summed E-state index contributed by atoms with van der Waals surface area (Å²) in [7, 11) is -16.6. The Kier molecular flexibility index (Phi) is 18.6. The summed E-state index contributed by atoms with van der Waals surface area (Å²) in [5.41, 5.74) is -5.62. The first-order valence-electron chi connectivity index (χ1n) is 12.3. The molecule has 0 aromatic carbocycles. The summed E-state index contributed by atoms with van der Waals surface area (Å²) in [6.07, 6.45) is 8.88. The molecule has 0 aromatic heterocycles. The van der Waals surface area contributed by atoms with Gasteiger partial charge in [0.2, 0.25) is 10.0 Å². The lowest BCUT2D eigenvalue weighted by molar-refractivity contribution is -0.897. The zero-order chi connectivity index (χ0) is 34.2. The Hall–Kier alpha value is -1.63. The molecule has 2 rings (SSSR count).